The van der Waals surface area contributed by atoms with Gasteiger partial charge in [-0.1, -0.05) is 26.0 Å². The van der Waals surface area contributed by atoms with Gasteiger partial charge in [-0.15, -0.1) is 0 Å². The number of hydrogen-bond acceptors (Lipinski definition) is 3. The van der Waals surface area contributed by atoms with Crippen LogP contribution in [0.1, 0.15) is 43.9 Å². The van der Waals surface area contributed by atoms with E-state index in [-0.39, 0.29) is 6.04 Å². The van der Waals surface area contributed by atoms with Crippen LogP contribution in [-0.2, 0) is 0 Å². The SMILES string of the molecule is CC(C)c1ccc(O)c([C@@H](C)NN)c1. The Hall–Kier alpha value is -1.06. The van der Waals surface area contributed by atoms with E-state index in [4.69, 9.17) is 5.84 Å². The first kappa shape index (κ1) is 11.0. The zero-order valence-corrected chi connectivity index (χ0v) is 8.91. The molecule has 14 heavy (non-hydrogen) atoms. The minimum atomic E-state index is -0.0336. The fourth-order valence-corrected chi connectivity index (χ4v) is 1.37. The third-order valence-electron chi connectivity index (χ3n) is 2.43. The molecule has 0 heterocycles. The average molecular weight is 194 g/mol. The number of hydrazine groups is 1. The van der Waals surface area contributed by atoms with Crippen LogP contribution >= 0.6 is 0 Å². The summed E-state index contributed by atoms with van der Waals surface area (Å²) in [7, 11) is 0. The summed E-state index contributed by atoms with van der Waals surface area (Å²) in [5.74, 6) is 6.09. The van der Waals surface area contributed by atoms with Crippen molar-refractivity contribution >= 4 is 0 Å². The van der Waals surface area contributed by atoms with Crippen molar-refractivity contribution in [1.82, 2.24) is 5.43 Å². The highest BCUT2D eigenvalue weighted by molar-refractivity contribution is 5.39. The van der Waals surface area contributed by atoms with E-state index in [2.05, 4.69) is 19.3 Å². The molecule has 0 amide bonds. The van der Waals surface area contributed by atoms with E-state index >= 15 is 0 Å². The molecule has 3 heteroatoms. The molecule has 3 nitrogen and oxygen atoms in total. The number of hydrogen-bond donors (Lipinski definition) is 3. The topological polar surface area (TPSA) is 58.3 Å². The highest BCUT2D eigenvalue weighted by Crippen LogP contribution is 2.27. The van der Waals surface area contributed by atoms with E-state index in [9.17, 15) is 5.11 Å². The second-order valence-electron chi connectivity index (χ2n) is 3.86. The Kier molecular flexibility index (Phi) is 3.49. The first-order chi connectivity index (χ1) is 6.56. The van der Waals surface area contributed by atoms with Gasteiger partial charge >= 0.3 is 0 Å². The van der Waals surface area contributed by atoms with E-state index in [0.717, 1.165) is 5.56 Å². The van der Waals surface area contributed by atoms with Crippen LogP contribution < -0.4 is 11.3 Å². The molecule has 0 spiro atoms. The van der Waals surface area contributed by atoms with Gasteiger partial charge in [0.2, 0.25) is 0 Å². The van der Waals surface area contributed by atoms with Crippen LogP contribution in [0.5, 0.6) is 5.75 Å². The number of aromatic hydroxyl groups is 1. The van der Waals surface area contributed by atoms with Crippen molar-refractivity contribution in [2.45, 2.75) is 32.7 Å². The summed E-state index contributed by atoms with van der Waals surface area (Å²) in [4.78, 5) is 0. The highest BCUT2D eigenvalue weighted by Gasteiger charge is 2.10. The van der Waals surface area contributed by atoms with Gasteiger partial charge in [0.1, 0.15) is 5.75 Å². The summed E-state index contributed by atoms with van der Waals surface area (Å²) in [6, 6.07) is 5.61. The monoisotopic (exact) mass is 194 g/mol. The Morgan fingerprint density at radius 1 is 1.29 bits per heavy atom. The van der Waals surface area contributed by atoms with Crippen molar-refractivity contribution in [2.24, 2.45) is 5.84 Å². The number of rotatable bonds is 3. The van der Waals surface area contributed by atoms with Gasteiger partial charge in [0, 0.05) is 11.6 Å². The molecule has 0 saturated carbocycles. The molecule has 0 radical (unpaired) electrons. The second-order valence-corrected chi connectivity index (χ2v) is 3.86. The maximum Gasteiger partial charge on any atom is 0.120 e. The molecule has 0 fully saturated rings. The van der Waals surface area contributed by atoms with E-state index in [1.54, 1.807) is 6.07 Å². The van der Waals surface area contributed by atoms with Crippen LogP contribution in [0.3, 0.4) is 0 Å². The van der Waals surface area contributed by atoms with E-state index < -0.39 is 0 Å². The smallest absolute Gasteiger partial charge is 0.120 e. The Balaban J connectivity index is 3.08. The Labute approximate surface area is 84.9 Å². The lowest BCUT2D eigenvalue weighted by molar-refractivity contribution is 0.454. The molecule has 78 valence electrons. The first-order valence-corrected chi connectivity index (χ1v) is 4.85. The van der Waals surface area contributed by atoms with Gasteiger partial charge < -0.3 is 5.11 Å². The Morgan fingerprint density at radius 2 is 1.93 bits per heavy atom. The molecule has 0 aliphatic carbocycles. The zero-order valence-electron chi connectivity index (χ0n) is 8.91. The van der Waals surface area contributed by atoms with Gasteiger partial charge in [-0.2, -0.15) is 0 Å². The summed E-state index contributed by atoms with van der Waals surface area (Å²) >= 11 is 0. The molecule has 0 aromatic heterocycles. The van der Waals surface area contributed by atoms with Crippen molar-refractivity contribution in [1.29, 1.82) is 0 Å². The maximum atomic E-state index is 9.62. The zero-order chi connectivity index (χ0) is 10.7. The summed E-state index contributed by atoms with van der Waals surface area (Å²) < 4.78 is 0. The molecule has 0 bridgehead atoms. The van der Waals surface area contributed by atoms with Crippen molar-refractivity contribution in [3.8, 4) is 5.75 Å². The molecule has 1 atom stereocenters. The quantitative estimate of drug-likeness (QED) is 0.510. The van der Waals surface area contributed by atoms with Gasteiger partial charge in [-0.05, 0) is 24.5 Å². The van der Waals surface area contributed by atoms with Crippen LogP contribution in [0.25, 0.3) is 0 Å². The van der Waals surface area contributed by atoms with Crippen LogP contribution in [0.2, 0.25) is 0 Å². The van der Waals surface area contributed by atoms with Gasteiger partial charge in [0.05, 0.1) is 0 Å². The molecular formula is C11H18N2O. The van der Waals surface area contributed by atoms with Crippen molar-refractivity contribution in [3.05, 3.63) is 29.3 Å². The molecule has 1 aromatic rings. The summed E-state index contributed by atoms with van der Waals surface area (Å²) in [6.07, 6.45) is 0. The molecule has 1 rings (SSSR count). The number of nitrogens with two attached hydrogens (primary N) is 1. The number of phenolic OH excluding ortho intramolecular Hbond substituents is 1. The lowest BCUT2D eigenvalue weighted by atomic mass is 9.98. The summed E-state index contributed by atoms with van der Waals surface area (Å²) in [5.41, 5.74) is 4.68. The molecule has 0 saturated heterocycles. The third-order valence-corrected chi connectivity index (χ3v) is 2.43. The molecule has 1 aromatic carbocycles. The van der Waals surface area contributed by atoms with Crippen LogP contribution in [0.4, 0.5) is 0 Å². The minimum absolute atomic E-state index is 0.0336. The second kappa shape index (κ2) is 4.44. The maximum absolute atomic E-state index is 9.62. The fourth-order valence-electron chi connectivity index (χ4n) is 1.37. The highest BCUT2D eigenvalue weighted by atomic mass is 16.3. The summed E-state index contributed by atoms with van der Waals surface area (Å²) in [6.45, 7) is 6.16. The van der Waals surface area contributed by atoms with Crippen molar-refractivity contribution in [2.75, 3.05) is 0 Å². The van der Waals surface area contributed by atoms with Gasteiger partial charge in [0.15, 0.2) is 0 Å². The van der Waals surface area contributed by atoms with E-state index in [1.165, 1.54) is 5.56 Å². The number of phenols is 1. The van der Waals surface area contributed by atoms with Gasteiger partial charge in [-0.3, -0.25) is 11.3 Å². The van der Waals surface area contributed by atoms with Crippen LogP contribution in [0.15, 0.2) is 18.2 Å². The lowest BCUT2D eigenvalue weighted by Gasteiger charge is -2.15. The number of benzene rings is 1. The van der Waals surface area contributed by atoms with Crippen molar-refractivity contribution < 1.29 is 5.11 Å². The molecular weight excluding hydrogens is 176 g/mol. The van der Waals surface area contributed by atoms with E-state index in [1.807, 2.05) is 19.1 Å². The summed E-state index contributed by atoms with van der Waals surface area (Å²) in [5, 5.41) is 9.62. The molecule has 4 N–H and O–H groups in total. The largest absolute Gasteiger partial charge is 0.508 e. The number of nitrogens with one attached hydrogen (secondary N) is 1. The molecule has 0 unspecified atom stereocenters. The minimum Gasteiger partial charge on any atom is -0.508 e. The Morgan fingerprint density at radius 3 is 2.43 bits per heavy atom. The fraction of sp³-hybridized carbons (Fsp3) is 0.455. The standard InChI is InChI=1S/C11H18N2O/c1-7(2)9-4-5-11(14)10(6-9)8(3)13-12/h4-8,13-14H,12H2,1-3H3/t8-/m1/s1. The molecule has 0 aliphatic heterocycles. The predicted octanol–water partition coefficient (Wildman–Crippen LogP) is 2.04. The van der Waals surface area contributed by atoms with Crippen molar-refractivity contribution in [3.63, 3.8) is 0 Å². The Bertz CT molecular complexity index is 310. The predicted molar refractivity (Wildman–Crippen MR) is 57.9 cm³/mol. The lowest BCUT2D eigenvalue weighted by Crippen LogP contribution is -2.25. The molecule has 0 aliphatic rings. The third kappa shape index (κ3) is 2.25. The van der Waals surface area contributed by atoms with Crippen LogP contribution in [0, 0.1) is 0 Å². The van der Waals surface area contributed by atoms with Gasteiger partial charge in [0.25, 0.3) is 0 Å². The average Bonchev–Trinajstić information content (AvgIpc) is 2.17. The normalized spacial score (nSPS) is 13.2. The van der Waals surface area contributed by atoms with Gasteiger partial charge in [-0.25, -0.2) is 0 Å². The first-order valence-electron chi connectivity index (χ1n) is 4.85. The van der Waals surface area contributed by atoms with Crippen LogP contribution in [-0.4, -0.2) is 5.11 Å². The van der Waals surface area contributed by atoms with E-state index in [0.29, 0.717) is 11.7 Å².